The van der Waals surface area contributed by atoms with E-state index in [-0.39, 0.29) is 0 Å². The number of benzene rings is 1. The van der Waals surface area contributed by atoms with Gasteiger partial charge in [-0.3, -0.25) is 0 Å². The van der Waals surface area contributed by atoms with Gasteiger partial charge in [0.25, 0.3) is 0 Å². The van der Waals surface area contributed by atoms with Crippen LogP contribution in [-0.4, -0.2) is 5.11 Å². The molecule has 1 atom stereocenters. The number of aryl methyl sites for hydroxylation is 1. The summed E-state index contributed by atoms with van der Waals surface area (Å²) in [5.41, 5.74) is 4.69. The van der Waals surface area contributed by atoms with Crippen molar-refractivity contribution in [3.05, 3.63) is 28.8 Å². The number of hydrogen-bond donors (Lipinski definition) is 1. The molecule has 2 aliphatic carbocycles. The maximum atomic E-state index is 9.88. The molecule has 0 radical (unpaired) electrons. The van der Waals surface area contributed by atoms with Gasteiger partial charge in [-0.2, -0.15) is 0 Å². The molecule has 1 aromatic rings. The molecule has 1 spiro atoms. The molecule has 92 valence electrons. The van der Waals surface area contributed by atoms with Gasteiger partial charge in [-0.15, -0.1) is 0 Å². The largest absolute Gasteiger partial charge is 0.508 e. The van der Waals surface area contributed by atoms with Gasteiger partial charge in [0, 0.05) is 0 Å². The number of hydrogen-bond acceptors (Lipinski definition) is 1. The Morgan fingerprint density at radius 1 is 1.18 bits per heavy atom. The van der Waals surface area contributed by atoms with Crippen molar-refractivity contribution in [1.29, 1.82) is 0 Å². The van der Waals surface area contributed by atoms with Gasteiger partial charge >= 0.3 is 0 Å². The van der Waals surface area contributed by atoms with Crippen molar-refractivity contribution in [3.63, 3.8) is 0 Å². The second-order valence-corrected chi connectivity index (χ2v) is 6.17. The predicted octanol–water partition coefficient (Wildman–Crippen LogP) is 4.41. The molecular weight excluding hydrogens is 208 g/mol. The summed E-state index contributed by atoms with van der Waals surface area (Å²) in [6.45, 7) is 4.50. The third-order valence-corrected chi connectivity index (χ3v) is 4.94. The van der Waals surface area contributed by atoms with Crippen LogP contribution in [0.1, 0.15) is 68.1 Å². The van der Waals surface area contributed by atoms with Crippen LogP contribution in [0.5, 0.6) is 5.75 Å². The first-order valence-electron chi connectivity index (χ1n) is 6.96. The molecule has 1 saturated carbocycles. The molecule has 0 heterocycles. The highest BCUT2D eigenvalue weighted by Gasteiger charge is 2.43. The Kier molecular flexibility index (Phi) is 2.46. The van der Waals surface area contributed by atoms with Crippen LogP contribution in [0.3, 0.4) is 0 Å². The van der Waals surface area contributed by atoms with Crippen LogP contribution in [0.2, 0.25) is 0 Å². The Morgan fingerprint density at radius 3 is 2.59 bits per heavy atom. The standard InChI is InChI=1S/C16H22O/c1-11-8-13(17)9-14-15(11)12(2)10-16(14)6-4-3-5-7-16/h8-9,12,17H,3-7,10H2,1-2H3. The zero-order valence-electron chi connectivity index (χ0n) is 10.9. The lowest BCUT2D eigenvalue weighted by Gasteiger charge is -2.35. The molecule has 1 aromatic carbocycles. The Hall–Kier alpha value is -0.980. The first kappa shape index (κ1) is 11.1. The van der Waals surface area contributed by atoms with Crippen LogP contribution in [-0.2, 0) is 5.41 Å². The summed E-state index contributed by atoms with van der Waals surface area (Å²) >= 11 is 0. The SMILES string of the molecule is Cc1cc(O)cc2c1C(C)CC21CCCCC1. The molecule has 1 unspecified atom stereocenters. The molecule has 0 aromatic heterocycles. The Labute approximate surface area is 104 Å². The third-order valence-electron chi connectivity index (χ3n) is 4.94. The topological polar surface area (TPSA) is 20.2 Å². The molecule has 3 rings (SSSR count). The second-order valence-electron chi connectivity index (χ2n) is 6.17. The van der Waals surface area contributed by atoms with Crippen molar-refractivity contribution in [2.45, 2.75) is 63.7 Å². The van der Waals surface area contributed by atoms with Crippen LogP contribution in [0.25, 0.3) is 0 Å². The van der Waals surface area contributed by atoms with Crippen LogP contribution < -0.4 is 0 Å². The molecule has 0 amide bonds. The van der Waals surface area contributed by atoms with Crippen molar-refractivity contribution >= 4 is 0 Å². The Balaban J connectivity index is 2.14. The highest BCUT2D eigenvalue weighted by molar-refractivity contribution is 5.50. The summed E-state index contributed by atoms with van der Waals surface area (Å²) < 4.78 is 0. The molecule has 1 N–H and O–H groups in total. The van der Waals surface area contributed by atoms with Crippen LogP contribution in [0, 0.1) is 6.92 Å². The Morgan fingerprint density at radius 2 is 1.88 bits per heavy atom. The second kappa shape index (κ2) is 3.76. The van der Waals surface area contributed by atoms with Gasteiger partial charge in [-0.1, -0.05) is 26.2 Å². The van der Waals surface area contributed by atoms with Gasteiger partial charge in [-0.25, -0.2) is 0 Å². The monoisotopic (exact) mass is 230 g/mol. The van der Waals surface area contributed by atoms with Crippen LogP contribution in [0.15, 0.2) is 12.1 Å². The minimum absolute atomic E-state index is 0.399. The number of fused-ring (bicyclic) bond motifs is 2. The lowest BCUT2D eigenvalue weighted by atomic mass is 9.70. The van der Waals surface area contributed by atoms with E-state index >= 15 is 0 Å². The van der Waals surface area contributed by atoms with E-state index in [4.69, 9.17) is 0 Å². The van der Waals surface area contributed by atoms with Crippen LogP contribution in [0.4, 0.5) is 0 Å². The van der Waals surface area contributed by atoms with E-state index in [1.807, 2.05) is 6.07 Å². The van der Waals surface area contributed by atoms with Gasteiger partial charge in [0.1, 0.15) is 5.75 Å². The zero-order valence-corrected chi connectivity index (χ0v) is 10.9. The third kappa shape index (κ3) is 1.59. The summed E-state index contributed by atoms with van der Waals surface area (Å²) in [6, 6.07) is 3.98. The smallest absolute Gasteiger partial charge is 0.116 e. The fourth-order valence-electron chi connectivity index (χ4n) is 4.37. The summed E-state index contributed by atoms with van der Waals surface area (Å²) in [7, 11) is 0. The molecule has 17 heavy (non-hydrogen) atoms. The lowest BCUT2D eigenvalue weighted by molar-refractivity contribution is 0.282. The van der Waals surface area contributed by atoms with E-state index in [9.17, 15) is 5.11 Å². The maximum absolute atomic E-state index is 9.88. The first-order chi connectivity index (χ1) is 8.12. The molecule has 0 saturated heterocycles. The average molecular weight is 230 g/mol. The zero-order chi connectivity index (χ0) is 12.0. The molecule has 0 aliphatic heterocycles. The highest BCUT2D eigenvalue weighted by Crippen LogP contribution is 2.54. The summed E-state index contributed by atoms with van der Waals surface area (Å²) in [5.74, 6) is 1.13. The van der Waals surface area contributed by atoms with E-state index in [2.05, 4.69) is 19.9 Å². The van der Waals surface area contributed by atoms with E-state index < -0.39 is 0 Å². The Bertz CT molecular complexity index is 441. The quantitative estimate of drug-likeness (QED) is 0.700. The van der Waals surface area contributed by atoms with Gasteiger partial charge in [0.15, 0.2) is 0 Å². The molecule has 1 nitrogen and oxygen atoms in total. The summed E-state index contributed by atoms with van der Waals surface area (Å²) in [4.78, 5) is 0. The maximum Gasteiger partial charge on any atom is 0.116 e. The average Bonchev–Trinajstić information content (AvgIpc) is 2.53. The minimum atomic E-state index is 0.399. The normalized spacial score (nSPS) is 26.1. The molecule has 0 bridgehead atoms. The van der Waals surface area contributed by atoms with Crippen molar-refractivity contribution in [2.75, 3.05) is 0 Å². The van der Waals surface area contributed by atoms with Gasteiger partial charge in [0.05, 0.1) is 0 Å². The molecule has 1 fully saturated rings. The van der Waals surface area contributed by atoms with E-state index in [1.165, 1.54) is 55.2 Å². The van der Waals surface area contributed by atoms with E-state index in [1.54, 1.807) is 0 Å². The van der Waals surface area contributed by atoms with E-state index in [0.29, 0.717) is 17.1 Å². The van der Waals surface area contributed by atoms with Gasteiger partial charge < -0.3 is 5.11 Å². The fraction of sp³-hybridized carbons (Fsp3) is 0.625. The number of phenols is 1. The van der Waals surface area contributed by atoms with E-state index in [0.717, 1.165) is 0 Å². The fourth-order valence-corrected chi connectivity index (χ4v) is 4.37. The molecule has 1 heteroatoms. The van der Waals surface area contributed by atoms with Crippen molar-refractivity contribution in [3.8, 4) is 5.75 Å². The van der Waals surface area contributed by atoms with Crippen molar-refractivity contribution in [1.82, 2.24) is 0 Å². The summed E-state index contributed by atoms with van der Waals surface area (Å²) in [6.07, 6.45) is 8.07. The van der Waals surface area contributed by atoms with Gasteiger partial charge in [0.2, 0.25) is 0 Å². The highest BCUT2D eigenvalue weighted by atomic mass is 16.3. The van der Waals surface area contributed by atoms with Crippen molar-refractivity contribution in [2.24, 2.45) is 0 Å². The number of phenolic OH excluding ortho intramolecular Hbond substituents is 1. The minimum Gasteiger partial charge on any atom is -0.508 e. The first-order valence-corrected chi connectivity index (χ1v) is 6.96. The lowest BCUT2D eigenvalue weighted by Crippen LogP contribution is -2.26. The summed E-state index contributed by atoms with van der Waals surface area (Å²) in [5, 5.41) is 9.88. The van der Waals surface area contributed by atoms with Crippen molar-refractivity contribution < 1.29 is 5.11 Å². The molecule has 2 aliphatic rings. The predicted molar refractivity (Wildman–Crippen MR) is 70.6 cm³/mol. The number of rotatable bonds is 0. The molecular formula is C16H22O. The number of aromatic hydroxyl groups is 1. The van der Waals surface area contributed by atoms with Crippen LogP contribution >= 0.6 is 0 Å². The van der Waals surface area contributed by atoms with Gasteiger partial charge in [-0.05, 0) is 66.3 Å².